The molecule has 2 N–H and O–H groups in total. The third-order valence-electron chi connectivity index (χ3n) is 2.32. The second-order valence-corrected chi connectivity index (χ2v) is 3.79. The van der Waals surface area contributed by atoms with Crippen LogP contribution in [0.4, 0.5) is 0 Å². The summed E-state index contributed by atoms with van der Waals surface area (Å²) in [6.07, 6.45) is 1.07. The van der Waals surface area contributed by atoms with Gasteiger partial charge in [0.05, 0.1) is 6.61 Å². The Hall–Kier alpha value is -0.610. The summed E-state index contributed by atoms with van der Waals surface area (Å²) in [7, 11) is 3.33. The number of carbonyl (C=O) groups excluding carboxylic acids is 1. The zero-order chi connectivity index (χ0) is 11.1. The maximum absolute atomic E-state index is 11.6. The molecule has 0 fully saturated rings. The Balaban J connectivity index is 3.98. The lowest BCUT2D eigenvalue weighted by Crippen LogP contribution is -2.45. The molecule has 0 aliphatic carbocycles. The zero-order valence-corrected chi connectivity index (χ0v) is 9.62. The van der Waals surface area contributed by atoms with E-state index in [1.54, 1.807) is 19.1 Å². The van der Waals surface area contributed by atoms with E-state index in [1.165, 1.54) is 0 Å². The van der Waals surface area contributed by atoms with E-state index in [9.17, 15) is 4.79 Å². The predicted molar refractivity (Wildman–Crippen MR) is 56.9 cm³/mol. The molecule has 0 bridgehead atoms. The van der Waals surface area contributed by atoms with Crippen LogP contribution in [-0.4, -0.2) is 44.2 Å². The van der Waals surface area contributed by atoms with Crippen LogP contribution in [0.15, 0.2) is 0 Å². The van der Waals surface area contributed by atoms with Crippen molar-refractivity contribution in [1.82, 2.24) is 4.90 Å². The molecule has 2 atom stereocenters. The number of ether oxygens (including phenoxy) is 1. The van der Waals surface area contributed by atoms with E-state index in [1.807, 2.05) is 0 Å². The number of rotatable bonds is 6. The maximum atomic E-state index is 11.6. The largest absolute Gasteiger partial charge is 0.383 e. The van der Waals surface area contributed by atoms with Crippen molar-refractivity contribution in [2.24, 2.45) is 11.7 Å². The molecule has 4 nitrogen and oxygen atoms in total. The van der Waals surface area contributed by atoms with Gasteiger partial charge in [0.25, 0.3) is 0 Å². The van der Waals surface area contributed by atoms with Gasteiger partial charge in [-0.2, -0.15) is 0 Å². The highest BCUT2D eigenvalue weighted by Gasteiger charge is 2.18. The zero-order valence-electron chi connectivity index (χ0n) is 9.62. The molecule has 0 saturated carbocycles. The first kappa shape index (κ1) is 13.4. The number of likely N-dealkylation sites (N-methyl/N-ethyl adjacent to an activating group) is 1. The number of nitrogens with two attached hydrogens (primary N) is 1. The standard InChI is InChI=1S/C10H22N2O2/c1-5-8(2)6-12(3)10(13)9(11)7-14-4/h8-9H,5-7,11H2,1-4H3. The molecule has 2 unspecified atom stereocenters. The third-order valence-corrected chi connectivity index (χ3v) is 2.32. The van der Waals surface area contributed by atoms with Crippen molar-refractivity contribution >= 4 is 5.91 Å². The lowest BCUT2D eigenvalue weighted by Gasteiger charge is -2.23. The van der Waals surface area contributed by atoms with Crippen molar-refractivity contribution < 1.29 is 9.53 Å². The van der Waals surface area contributed by atoms with Gasteiger partial charge >= 0.3 is 0 Å². The summed E-state index contributed by atoms with van der Waals surface area (Å²) in [5.41, 5.74) is 5.63. The summed E-state index contributed by atoms with van der Waals surface area (Å²) < 4.78 is 4.83. The second kappa shape index (κ2) is 6.79. The van der Waals surface area contributed by atoms with Gasteiger partial charge in [-0.1, -0.05) is 20.3 Å². The van der Waals surface area contributed by atoms with E-state index in [4.69, 9.17) is 10.5 Å². The molecule has 4 heteroatoms. The van der Waals surface area contributed by atoms with Crippen molar-refractivity contribution in [1.29, 1.82) is 0 Å². The van der Waals surface area contributed by atoms with E-state index in [0.717, 1.165) is 13.0 Å². The number of amides is 1. The fourth-order valence-corrected chi connectivity index (χ4v) is 1.22. The van der Waals surface area contributed by atoms with Crippen LogP contribution < -0.4 is 5.73 Å². The van der Waals surface area contributed by atoms with Crippen LogP contribution in [0.1, 0.15) is 20.3 Å². The average Bonchev–Trinajstić information content (AvgIpc) is 2.16. The molecule has 0 radical (unpaired) electrons. The molecule has 14 heavy (non-hydrogen) atoms. The van der Waals surface area contributed by atoms with Crippen LogP contribution in [0.25, 0.3) is 0 Å². The van der Waals surface area contributed by atoms with Crippen molar-refractivity contribution in [2.75, 3.05) is 27.3 Å². The first-order valence-electron chi connectivity index (χ1n) is 5.02. The Morgan fingerprint density at radius 3 is 2.57 bits per heavy atom. The van der Waals surface area contributed by atoms with Gasteiger partial charge in [-0.15, -0.1) is 0 Å². The molecule has 1 amide bonds. The van der Waals surface area contributed by atoms with Crippen LogP contribution in [-0.2, 0) is 9.53 Å². The van der Waals surface area contributed by atoms with E-state index in [2.05, 4.69) is 13.8 Å². The molecule has 0 aliphatic heterocycles. The van der Waals surface area contributed by atoms with Crippen LogP contribution in [0.2, 0.25) is 0 Å². The van der Waals surface area contributed by atoms with Crippen LogP contribution in [0.5, 0.6) is 0 Å². The summed E-state index contributed by atoms with van der Waals surface area (Å²) in [5.74, 6) is 0.464. The Bertz CT molecular complexity index is 174. The van der Waals surface area contributed by atoms with Gasteiger partial charge in [-0.25, -0.2) is 0 Å². The quantitative estimate of drug-likeness (QED) is 0.681. The normalized spacial score (nSPS) is 14.9. The Morgan fingerprint density at radius 1 is 1.57 bits per heavy atom. The van der Waals surface area contributed by atoms with E-state index < -0.39 is 6.04 Å². The fourth-order valence-electron chi connectivity index (χ4n) is 1.22. The van der Waals surface area contributed by atoms with Crippen LogP contribution in [0, 0.1) is 5.92 Å². The van der Waals surface area contributed by atoms with Gasteiger partial charge in [0, 0.05) is 20.7 Å². The maximum Gasteiger partial charge on any atom is 0.241 e. The molecular formula is C10H22N2O2. The molecule has 0 aromatic rings. The lowest BCUT2D eigenvalue weighted by molar-refractivity contribution is -0.132. The molecule has 0 aromatic heterocycles. The summed E-state index contributed by atoms with van der Waals surface area (Å²) in [4.78, 5) is 13.3. The average molecular weight is 202 g/mol. The van der Waals surface area contributed by atoms with Gasteiger partial charge in [0.15, 0.2) is 0 Å². The van der Waals surface area contributed by atoms with Gasteiger partial charge < -0.3 is 15.4 Å². The second-order valence-electron chi connectivity index (χ2n) is 3.79. The molecule has 0 rings (SSSR count). The summed E-state index contributed by atoms with van der Waals surface area (Å²) in [6, 6.07) is -0.533. The van der Waals surface area contributed by atoms with Crippen LogP contribution >= 0.6 is 0 Å². The fraction of sp³-hybridized carbons (Fsp3) is 0.900. The van der Waals surface area contributed by atoms with Crippen LogP contribution in [0.3, 0.4) is 0 Å². The highest BCUT2D eigenvalue weighted by molar-refractivity contribution is 5.81. The third kappa shape index (κ3) is 4.58. The Morgan fingerprint density at radius 2 is 2.14 bits per heavy atom. The first-order chi connectivity index (χ1) is 6.52. The van der Waals surface area contributed by atoms with Gasteiger partial charge in [-0.05, 0) is 5.92 Å². The summed E-state index contributed by atoms with van der Waals surface area (Å²) in [6.45, 7) is 5.26. The number of methoxy groups -OCH3 is 1. The highest BCUT2D eigenvalue weighted by Crippen LogP contribution is 2.03. The van der Waals surface area contributed by atoms with Gasteiger partial charge in [-0.3, -0.25) is 4.79 Å². The summed E-state index contributed by atoms with van der Waals surface area (Å²) in [5, 5.41) is 0. The van der Waals surface area contributed by atoms with Gasteiger partial charge in [0.2, 0.25) is 5.91 Å². The van der Waals surface area contributed by atoms with E-state index in [-0.39, 0.29) is 12.5 Å². The molecule has 0 aromatic carbocycles. The molecule has 0 aliphatic rings. The lowest BCUT2D eigenvalue weighted by atomic mass is 10.1. The van der Waals surface area contributed by atoms with Gasteiger partial charge in [0.1, 0.15) is 6.04 Å². The van der Waals surface area contributed by atoms with Crippen molar-refractivity contribution in [3.05, 3.63) is 0 Å². The first-order valence-corrected chi connectivity index (χ1v) is 5.02. The monoisotopic (exact) mass is 202 g/mol. The highest BCUT2D eigenvalue weighted by atomic mass is 16.5. The Kier molecular flexibility index (Phi) is 6.49. The number of carbonyl (C=O) groups is 1. The number of nitrogens with zero attached hydrogens (tertiary/aromatic N) is 1. The molecule has 84 valence electrons. The molecule has 0 saturated heterocycles. The van der Waals surface area contributed by atoms with E-state index >= 15 is 0 Å². The van der Waals surface area contributed by atoms with Crippen molar-refractivity contribution in [3.8, 4) is 0 Å². The summed E-state index contributed by atoms with van der Waals surface area (Å²) >= 11 is 0. The van der Waals surface area contributed by atoms with Crippen molar-refractivity contribution in [2.45, 2.75) is 26.3 Å². The molecule has 0 spiro atoms. The molecule has 0 heterocycles. The smallest absolute Gasteiger partial charge is 0.241 e. The minimum atomic E-state index is -0.533. The minimum Gasteiger partial charge on any atom is -0.383 e. The predicted octanol–water partition coefficient (Wildman–Crippen LogP) is 0.465. The number of hydrogen-bond acceptors (Lipinski definition) is 3. The SMILES string of the molecule is CCC(C)CN(C)C(=O)C(N)COC. The minimum absolute atomic E-state index is 0.0489. The Labute approximate surface area is 86.4 Å². The number of hydrogen-bond donors (Lipinski definition) is 1. The van der Waals surface area contributed by atoms with Crippen molar-refractivity contribution in [3.63, 3.8) is 0 Å². The molecular weight excluding hydrogens is 180 g/mol. The van der Waals surface area contributed by atoms with E-state index in [0.29, 0.717) is 5.92 Å². The topological polar surface area (TPSA) is 55.6 Å².